The summed E-state index contributed by atoms with van der Waals surface area (Å²) in [5, 5.41) is 11.2. The molecule has 3 atom stereocenters. The Bertz CT molecular complexity index is 814. The third-order valence-corrected chi connectivity index (χ3v) is 4.44. The summed E-state index contributed by atoms with van der Waals surface area (Å²) in [7, 11) is 1.15. The van der Waals surface area contributed by atoms with E-state index in [0.29, 0.717) is 5.56 Å². The maximum absolute atomic E-state index is 12.5. The van der Waals surface area contributed by atoms with Crippen LogP contribution in [0.1, 0.15) is 29.8 Å². The molecule has 8 nitrogen and oxygen atoms in total. The van der Waals surface area contributed by atoms with Crippen LogP contribution >= 0.6 is 0 Å². The van der Waals surface area contributed by atoms with Crippen molar-refractivity contribution in [3.8, 4) is 0 Å². The fraction of sp³-hybridized carbons (Fsp3) is 0.400. The normalized spacial score (nSPS) is 23.0. The van der Waals surface area contributed by atoms with Crippen molar-refractivity contribution in [1.82, 2.24) is 0 Å². The second-order valence-electron chi connectivity index (χ2n) is 6.83. The van der Waals surface area contributed by atoms with Gasteiger partial charge in [-0.15, -0.1) is 0 Å². The largest absolute Gasteiger partial charge is 0.472 e. The van der Waals surface area contributed by atoms with E-state index >= 15 is 0 Å². The monoisotopic (exact) mass is 390 g/mol. The van der Waals surface area contributed by atoms with Crippen LogP contribution in [0.2, 0.25) is 0 Å². The molecule has 0 bridgehead atoms. The van der Waals surface area contributed by atoms with Gasteiger partial charge < -0.3 is 28.5 Å². The summed E-state index contributed by atoms with van der Waals surface area (Å²) in [5.74, 6) is -2.63. The molecule has 0 spiro atoms. The van der Waals surface area contributed by atoms with Gasteiger partial charge in [0.25, 0.3) is 0 Å². The number of benzene rings is 1. The Hall–Kier alpha value is -2.68. The molecule has 0 amide bonds. The van der Waals surface area contributed by atoms with Gasteiger partial charge in [-0.2, -0.15) is 0 Å². The Labute approximate surface area is 161 Å². The minimum absolute atomic E-state index is 0.144. The molecule has 1 N–H and O–H groups in total. The zero-order valence-electron chi connectivity index (χ0n) is 15.8. The van der Waals surface area contributed by atoms with Gasteiger partial charge in [-0.3, -0.25) is 0 Å². The van der Waals surface area contributed by atoms with Crippen molar-refractivity contribution in [2.75, 3.05) is 13.7 Å². The lowest BCUT2D eigenvalue weighted by atomic mass is 9.87. The molecule has 3 rings (SSSR count). The average molecular weight is 390 g/mol. The molecule has 1 aliphatic heterocycles. The Morgan fingerprint density at radius 2 is 1.89 bits per heavy atom. The molecule has 2 heterocycles. The minimum atomic E-state index is -2.21. The summed E-state index contributed by atoms with van der Waals surface area (Å²) in [4.78, 5) is 24.7. The van der Waals surface area contributed by atoms with Crippen LogP contribution in [0.25, 0.3) is 0 Å². The van der Waals surface area contributed by atoms with Gasteiger partial charge in [0.1, 0.15) is 18.8 Å². The molecule has 0 saturated carbocycles. The number of hydrogen-bond acceptors (Lipinski definition) is 8. The number of carbonyl (C=O) groups is 2. The third-order valence-electron chi connectivity index (χ3n) is 4.44. The van der Waals surface area contributed by atoms with Crippen LogP contribution in [0.3, 0.4) is 0 Å². The van der Waals surface area contributed by atoms with Crippen LogP contribution in [-0.4, -0.2) is 48.8 Å². The predicted molar refractivity (Wildman–Crippen MR) is 95.2 cm³/mol. The van der Waals surface area contributed by atoms with E-state index < -0.39 is 35.5 Å². The average Bonchev–Trinajstić information content (AvgIpc) is 3.33. The Kier molecular flexibility index (Phi) is 5.55. The molecular weight excluding hydrogens is 368 g/mol. The lowest BCUT2D eigenvalue weighted by Gasteiger charge is -2.32. The molecule has 2 aromatic rings. The first-order valence-electron chi connectivity index (χ1n) is 8.69. The van der Waals surface area contributed by atoms with E-state index in [1.807, 2.05) is 0 Å². The van der Waals surface area contributed by atoms with Crippen LogP contribution in [0.15, 0.2) is 53.3 Å². The van der Waals surface area contributed by atoms with Gasteiger partial charge in [-0.25, -0.2) is 9.59 Å². The molecule has 1 aromatic heterocycles. The van der Waals surface area contributed by atoms with Crippen molar-refractivity contribution in [1.29, 1.82) is 0 Å². The maximum atomic E-state index is 12.5. The van der Waals surface area contributed by atoms with Crippen molar-refractivity contribution in [3.63, 3.8) is 0 Å². The number of hydrogen-bond donors (Lipinski definition) is 1. The second-order valence-corrected chi connectivity index (χ2v) is 6.83. The van der Waals surface area contributed by atoms with Crippen molar-refractivity contribution >= 4 is 11.9 Å². The summed E-state index contributed by atoms with van der Waals surface area (Å²) in [5.41, 5.74) is -1.69. The molecule has 1 fully saturated rings. The first kappa shape index (κ1) is 20.1. The summed E-state index contributed by atoms with van der Waals surface area (Å²) >= 11 is 0. The summed E-state index contributed by atoms with van der Waals surface area (Å²) in [6.45, 7) is 3.02. The number of methoxy groups -OCH3 is 1. The van der Waals surface area contributed by atoms with Crippen LogP contribution < -0.4 is 0 Å². The van der Waals surface area contributed by atoms with E-state index in [2.05, 4.69) is 0 Å². The lowest BCUT2D eigenvalue weighted by Crippen LogP contribution is -2.52. The fourth-order valence-corrected chi connectivity index (χ4v) is 3.16. The van der Waals surface area contributed by atoms with Crippen molar-refractivity contribution in [2.45, 2.75) is 37.4 Å². The molecule has 0 radical (unpaired) electrons. The van der Waals surface area contributed by atoms with Crippen LogP contribution in [0, 0.1) is 0 Å². The quantitative estimate of drug-likeness (QED) is 0.747. The van der Waals surface area contributed by atoms with E-state index in [4.69, 9.17) is 23.4 Å². The highest BCUT2D eigenvalue weighted by atomic mass is 16.8. The number of rotatable bonds is 6. The van der Waals surface area contributed by atoms with E-state index in [9.17, 15) is 14.7 Å². The van der Waals surface area contributed by atoms with Gasteiger partial charge in [0.2, 0.25) is 5.60 Å². The predicted octanol–water partition coefficient (Wildman–Crippen LogP) is 2.02. The number of esters is 2. The Morgan fingerprint density at radius 1 is 1.18 bits per heavy atom. The van der Waals surface area contributed by atoms with Crippen LogP contribution in [0.4, 0.5) is 0 Å². The number of carbonyl (C=O) groups excluding carboxylic acids is 2. The summed E-state index contributed by atoms with van der Waals surface area (Å²) < 4.78 is 26.7. The summed E-state index contributed by atoms with van der Waals surface area (Å²) in [6.07, 6.45) is 0.408. The number of aliphatic hydroxyl groups is 1. The van der Waals surface area contributed by atoms with Gasteiger partial charge in [0.05, 0.1) is 25.2 Å². The molecule has 0 unspecified atom stereocenters. The smallest absolute Gasteiger partial charge is 0.345 e. The maximum Gasteiger partial charge on any atom is 0.345 e. The molecule has 8 heteroatoms. The SMILES string of the molecule is COC(=O)[C@](O)(c1ccoc1)[C@@H]1OC(C)(C)O[C@H]1COC(=O)c1ccccc1. The first-order valence-corrected chi connectivity index (χ1v) is 8.69. The van der Waals surface area contributed by atoms with Gasteiger partial charge >= 0.3 is 11.9 Å². The standard InChI is InChI=1S/C20H22O8/c1-19(2)27-15(12-26-17(21)13-7-5-4-6-8-13)16(28-19)20(23,18(22)24-3)14-9-10-25-11-14/h4-11,15-16,23H,12H2,1-3H3/t15-,16+,20-/m0/s1. The molecule has 150 valence electrons. The van der Waals surface area contributed by atoms with Crippen LogP contribution in [0.5, 0.6) is 0 Å². The summed E-state index contributed by atoms with van der Waals surface area (Å²) in [6, 6.07) is 9.88. The van der Waals surface area contributed by atoms with Crippen molar-refractivity contribution < 1.29 is 38.1 Å². The molecule has 1 saturated heterocycles. The minimum Gasteiger partial charge on any atom is -0.472 e. The highest BCUT2D eigenvalue weighted by Crippen LogP contribution is 2.40. The Morgan fingerprint density at radius 3 is 2.50 bits per heavy atom. The van der Waals surface area contributed by atoms with Gasteiger partial charge in [-0.05, 0) is 32.0 Å². The zero-order chi connectivity index (χ0) is 20.4. The molecule has 0 aliphatic carbocycles. The first-order chi connectivity index (χ1) is 13.3. The molecule has 28 heavy (non-hydrogen) atoms. The van der Waals surface area contributed by atoms with E-state index in [1.165, 1.54) is 18.6 Å². The van der Waals surface area contributed by atoms with E-state index in [1.54, 1.807) is 44.2 Å². The lowest BCUT2D eigenvalue weighted by molar-refractivity contribution is -0.195. The molecule has 1 aliphatic rings. The molecular formula is C20H22O8. The third kappa shape index (κ3) is 3.80. The second kappa shape index (κ2) is 7.75. The van der Waals surface area contributed by atoms with E-state index in [0.717, 1.165) is 7.11 Å². The van der Waals surface area contributed by atoms with E-state index in [-0.39, 0.29) is 12.2 Å². The highest BCUT2D eigenvalue weighted by Gasteiger charge is 2.58. The van der Waals surface area contributed by atoms with Gasteiger partial charge in [-0.1, -0.05) is 18.2 Å². The van der Waals surface area contributed by atoms with Crippen LogP contribution in [-0.2, 0) is 29.3 Å². The highest BCUT2D eigenvalue weighted by molar-refractivity contribution is 5.89. The molecule has 1 aromatic carbocycles. The van der Waals surface area contributed by atoms with Crippen molar-refractivity contribution in [3.05, 3.63) is 60.1 Å². The van der Waals surface area contributed by atoms with Crippen molar-refractivity contribution in [2.24, 2.45) is 0 Å². The topological polar surface area (TPSA) is 104 Å². The number of ether oxygens (including phenoxy) is 4. The van der Waals surface area contributed by atoms with Gasteiger partial charge in [0, 0.05) is 5.56 Å². The number of furan rings is 1. The fourth-order valence-electron chi connectivity index (χ4n) is 3.16. The van der Waals surface area contributed by atoms with Gasteiger partial charge in [0.15, 0.2) is 5.79 Å². The zero-order valence-corrected chi connectivity index (χ0v) is 15.8. The Balaban J connectivity index is 1.85.